The van der Waals surface area contributed by atoms with Gasteiger partial charge in [-0.25, -0.2) is 13.2 Å². The number of hydrogen-bond acceptors (Lipinski definition) is 3. The Morgan fingerprint density at radius 1 is 0.962 bits per heavy atom. The fourth-order valence-corrected chi connectivity index (χ4v) is 5.90. The lowest BCUT2D eigenvalue weighted by Gasteiger charge is -2.23. The van der Waals surface area contributed by atoms with E-state index >= 15 is 0 Å². The van der Waals surface area contributed by atoms with Gasteiger partial charge < -0.3 is 0 Å². The normalized spacial score (nSPS) is 24.2. The first-order valence-electron chi connectivity index (χ1n) is 8.88. The van der Waals surface area contributed by atoms with Gasteiger partial charge in [0, 0.05) is 11.4 Å². The van der Waals surface area contributed by atoms with Crippen LogP contribution in [0.3, 0.4) is 0 Å². The molecule has 2 heterocycles. The summed E-state index contributed by atoms with van der Waals surface area (Å²) in [5.74, 6) is 0.0299. The Morgan fingerprint density at radius 2 is 1.58 bits per heavy atom. The molecule has 2 aromatic carbocycles. The molecule has 0 bridgehead atoms. The van der Waals surface area contributed by atoms with Crippen LogP contribution >= 0.6 is 0 Å². The van der Waals surface area contributed by atoms with Gasteiger partial charge in [0.05, 0.1) is 23.6 Å². The number of urea groups is 1. The van der Waals surface area contributed by atoms with Crippen molar-refractivity contribution in [3.8, 4) is 0 Å². The van der Waals surface area contributed by atoms with Crippen LogP contribution in [0.1, 0.15) is 18.1 Å². The molecule has 2 aliphatic heterocycles. The number of carbonyl (C=O) groups is 1. The maximum Gasteiger partial charge on any atom is 0.329 e. The van der Waals surface area contributed by atoms with Crippen LogP contribution in [0.2, 0.25) is 0 Å². The molecule has 0 N–H and O–H groups in total. The van der Waals surface area contributed by atoms with Crippen LogP contribution in [0.4, 0.5) is 16.2 Å². The molecule has 0 unspecified atom stereocenters. The summed E-state index contributed by atoms with van der Waals surface area (Å²) < 4.78 is 24.6. The average molecular weight is 370 g/mol. The Balaban J connectivity index is 1.78. The number of amides is 2. The summed E-state index contributed by atoms with van der Waals surface area (Å²) in [4.78, 5) is 16.6. The number of aryl methyl sites for hydroxylation is 2. The summed E-state index contributed by atoms with van der Waals surface area (Å²) in [7, 11) is -3.17. The second kappa shape index (κ2) is 6.13. The summed E-state index contributed by atoms with van der Waals surface area (Å²) in [6, 6.07) is 14.7. The standard InChI is InChI=1S/C20H22N2O3S/c1-3-15-7-9-16(10-8-15)21-18-12-26(24,25)13-19(18)22(20(21)23)17-6-4-5-14(2)11-17/h4-11,18-19H,3,12-13H2,1-2H3/t18-,19+/m0/s1. The summed E-state index contributed by atoms with van der Waals surface area (Å²) in [5.41, 5.74) is 3.74. The van der Waals surface area contributed by atoms with E-state index in [2.05, 4.69) is 6.92 Å². The van der Waals surface area contributed by atoms with Crippen molar-refractivity contribution in [1.82, 2.24) is 0 Å². The number of hydrogen-bond donors (Lipinski definition) is 0. The van der Waals surface area contributed by atoms with Gasteiger partial charge in [-0.2, -0.15) is 0 Å². The second-order valence-electron chi connectivity index (χ2n) is 7.09. The predicted octanol–water partition coefficient (Wildman–Crippen LogP) is 3.17. The van der Waals surface area contributed by atoms with Gasteiger partial charge in [-0.05, 0) is 48.7 Å². The molecule has 6 heteroatoms. The van der Waals surface area contributed by atoms with Crippen molar-refractivity contribution in [3.05, 3.63) is 59.7 Å². The summed E-state index contributed by atoms with van der Waals surface area (Å²) in [6.07, 6.45) is 0.921. The molecule has 4 rings (SSSR count). The van der Waals surface area contributed by atoms with Crippen LogP contribution in [0.15, 0.2) is 48.5 Å². The quantitative estimate of drug-likeness (QED) is 0.780. The van der Waals surface area contributed by atoms with Gasteiger partial charge >= 0.3 is 6.03 Å². The molecular formula is C20H22N2O3S. The summed E-state index contributed by atoms with van der Waals surface area (Å²) >= 11 is 0. The maximum atomic E-state index is 13.3. The Bertz CT molecular complexity index is 953. The number of benzene rings is 2. The largest absolute Gasteiger partial charge is 0.329 e. The van der Waals surface area contributed by atoms with E-state index in [0.29, 0.717) is 0 Å². The zero-order valence-electron chi connectivity index (χ0n) is 14.9. The second-order valence-corrected chi connectivity index (χ2v) is 9.25. The SMILES string of the molecule is CCc1ccc(N2C(=O)N(c3cccc(C)c3)[C@@H]3CS(=O)(=O)C[C@@H]32)cc1. The van der Waals surface area contributed by atoms with Crippen molar-refractivity contribution < 1.29 is 13.2 Å². The summed E-state index contributed by atoms with van der Waals surface area (Å²) in [5, 5.41) is 0. The number of anilines is 2. The monoisotopic (exact) mass is 370 g/mol. The van der Waals surface area contributed by atoms with Crippen molar-refractivity contribution in [2.45, 2.75) is 32.4 Å². The van der Waals surface area contributed by atoms with Gasteiger partial charge in [0.1, 0.15) is 0 Å². The van der Waals surface area contributed by atoms with Gasteiger partial charge in [-0.1, -0.05) is 31.2 Å². The first-order chi connectivity index (χ1) is 12.4. The van der Waals surface area contributed by atoms with Crippen molar-refractivity contribution in [3.63, 3.8) is 0 Å². The molecule has 0 aromatic heterocycles. The average Bonchev–Trinajstić information content (AvgIpc) is 3.03. The molecule has 0 saturated carbocycles. The van der Waals surface area contributed by atoms with E-state index in [1.807, 2.05) is 55.5 Å². The van der Waals surface area contributed by atoms with Crippen LogP contribution in [0.25, 0.3) is 0 Å². The first-order valence-corrected chi connectivity index (χ1v) is 10.7. The highest BCUT2D eigenvalue weighted by Crippen LogP contribution is 2.38. The third kappa shape index (κ3) is 2.78. The number of nitrogens with zero attached hydrogens (tertiary/aromatic N) is 2. The molecule has 2 saturated heterocycles. The fraction of sp³-hybridized carbons (Fsp3) is 0.350. The number of fused-ring (bicyclic) bond motifs is 1. The van der Waals surface area contributed by atoms with E-state index in [1.165, 1.54) is 5.56 Å². The molecule has 2 atom stereocenters. The third-order valence-electron chi connectivity index (χ3n) is 5.27. The lowest BCUT2D eigenvalue weighted by Crippen LogP contribution is -2.37. The Kier molecular flexibility index (Phi) is 4.03. The molecule has 2 aliphatic rings. The molecular weight excluding hydrogens is 348 g/mol. The fourth-order valence-electron chi connectivity index (χ4n) is 3.98. The Hall–Kier alpha value is -2.34. The van der Waals surface area contributed by atoms with Crippen molar-refractivity contribution >= 4 is 27.2 Å². The number of rotatable bonds is 3. The minimum absolute atomic E-state index is 0.0148. The van der Waals surface area contributed by atoms with Crippen molar-refractivity contribution in [2.24, 2.45) is 0 Å². The molecule has 0 radical (unpaired) electrons. The topological polar surface area (TPSA) is 57.7 Å². The van der Waals surface area contributed by atoms with Gasteiger partial charge in [-0.15, -0.1) is 0 Å². The highest BCUT2D eigenvalue weighted by Gasteiger charge is 2.54. The van der Waals surface area contributed by atoms with E-state index in [4.69, 9.17) is 0 Å². The Labute approximate surface area is 154 Å². The molecule has 2 aromatic rings. The Morgan fingerprint density at radius 3 is 2.15 bits per heavy atom. The highest BCUT2D eigenvalue weighted by molar-refractivity contribution is 7.91. The first kappa shape index (κ1) is 17.1. The van der Waals surface area contributed by atoms with Crippen LogP contribution in [-0.2, 0) is 16.3 Å². The minimum Gasteiger partial charge on any atom is -0.288 e. The molecule has 5 nitrogen and oxygen atoms in total. The van der Waals surface area contributed by atoms with E-state index in [9.17, 15) is 13.2 Å². The predicted molar refractivity (Wildman–Crippen MR) is 104 cm³/mol. The van der Waals surface area contributed by atoms with Crippen LogP contribution in [0.5, 0.6) is 0 Å². The highest BCUT2D eigenvalue weighted by atomic mass is 32.2. The zero-order valence-corrected chi connectivity index (χ0v) is 15.7. The molecule has 0 aliphatic carbocycles. The van der Waals surface area contributed by atoms with Gasteiger partial charge in [0.15, 0.2) is 9.84 Å². The number of sulfone groups is 1. The molecule has 2 fully saturated rings. The molecule has 26 heavy (non-hydrogen) atoms. The minimum atomic E-state index is -3.17. The zero-order chi connectivity index (χ0) is 18.5. The van der Waals surface area contributed by atoms with E-state index < -0.39 is 9.84 Å². The van der Waals surface area contributed by atoms with Gasteiger partial charge in [-0.3, -0.25) is 9.80 Å². The lowest BCUT2D eigenvalue weighted by molar-refractivity contribution is 0.255. The van der Waals surface area contributed by atoms with Gasteiger partial charge in [0.2, 0.25) is 0 Å². The molecule has 0 spiro atoms. The van der Waals surface area contributed by atoms with Crippen molar-refractivity contribution in [2.75, 3.05) is 21.3 Å². The molecule has 136 valence electrons. The van der Waals surface area contributed by atoms with Crippen LogP contribution in [-0.4, -0.2) is 38.0 Å². The maximum absolute atomic E-state index is 13.3. The lowest BCUT2D eigenvalue weighted by atomic mass is 10.1. The van der Waals surface area contributed by atoms with E-state index in [0.717, 1.165) is 23.4 Å². The third-order valence-corrected chi connectivity index (χ3v) is 6.97. The number of carbonyl (C=O) groups excluding carboxylic acids is 1. The van der Waals surface area contributed by atoms with E-state index in [1.54, 1.807) is 9.80 Å². The van der Waals surface area contributed by atoms with Crippen LogP contribution in [0, 0.1) is 6.92 Å². The van der Waals surface area contributed by atoms with Gasteiger partial charge in [0.25, 0.3) is 0 Å². The van der Waals surface area contributed by atoms with E-state index in [-0.39, 0.29) is 29.6 Å². The smallest absolute Gasteiger partial charge is 0.288 e. The van der Waals surface area contributed by atoms with Crippen molar-refractivity contribution in [1.29, 1.82) is 0 Å². The van der Waals surface area contributed by atoms with Crippen LogP contribution < -0.4 is 9.80 Å². The summed E-state index contributed by atoms with van der Waals surface area (Å²) in [6.45, 7) is 4.04. The molecule has 2 amide bonds.